The maximum absolute atomic E-state index is 10.9. The van der Waals surface area contributed by atoms with E-state index < -0.39 is 7.60 Å². The number of nitrogens with zero attached hydrogens (tertiary/aromatic N) is 1. The van der Waals surface area contributed by atoms with Gasteiger partial charge in [0.05, 0.1) is 0 Å². The first kappa shape index (κ1) is 10.7. The van der Waals surface area contributed by atoms with Gasteiger partial charge in [0, 0.05) is 0 Å². The molecule has 0 aromatic heterocycles. The Hall–Kier alpha value is -1.34. The Morgan fingerprint density at radius 1 is 1.43 bits per heavy atom. The summed E-state index contributed by atoms with van der Waals surface area (Å²) in [6.07, 6.45) is 0. The second-order valence-electron chi connectivity index (χ2n) is 2.46. The average molecular weight is 213 g/mol. The lowest BCUT2D eigenvalue weighted by atomic mass is 10.3. The van der Waals surface area contributed by atoms with Crippen molar-refractivity contribution >= 4 is 12.9 Å². The minimum Gasteiger partial charge on any atom is -0.478 e. The molecule has 0 atom stereocenters. The highest BCUT2D eigenvalue weighted by Gasteiger charge is 2.21. The number of hydrogen-bond acceptors (Lipinski definition) is 3. The first-order valence-corrected chi connectivity index (χ1v) is 5.32. The molecule has 14 heavy (non-hydrogen) atoms. The third-order valence-electron chi connectivity index (χ3n) is 1.47. The van der Waals surface area contributed by atoms with Crippen molar-refractivity contribution in [1.29, 1.82) is 5.26 Å². The van der Waals surface area contributed by atoms with Gasteiger partial charge in [-0.3, -0.25) is 4.57 Å². The zero-order valence-electron chi connectivity index (χ0n) is 7.12. The normalized spacial score (nSPS) is 10.6. The van der Waals surface area contributed by atoms with Crippen LogP contribution in [0.2, 0.25) is 0 Å². The number of rotatable bonds is 3. The summed E-state index contributed by atoms with van der Waals surface area (Å²) < 4.78 is 15.8. The van der Waals surface area contributed by atoms with Crippen LogP contribution in [0.5, 0.6) is 5.75 Å². The fraction of sp³-hybridized carbons (Fsp3) is 0.125. The maximum atomic E-state index is 10.9. The zero-order valence-corrected chi connectivity index (χ0v) is 8.02. The van der Waals surface area contributed by atoms with Gasteiger partial charge in [0.2, 0.25) is 0 Å². The van der Waals surface area contributed by atoms with Crippen LogP contribution in [-0.4, -0.2) is 16.4 Å². The molecule has 0 unspecified atom stereocenters. The number of nitriles is 1. The van der Waals surface area contributed by atoms with Crippen molar-refractivity contribution in [2.45, 2.75) is 0 Å². The van der Waals surface area contributed by atoms with Gasteiger partial charge in [-0.15, -0.1) is 0 Å². The molecule has 1 aromatic carbocycles. The third kappa shape index (κ3) is 2.57. The van der Waals surface area contributed by atoms with Gasteiger partial charge in [-0.1, -0.05) is 12.1 Å². The Kier molecular flexibility index (Phi) is 3.26. The van der Waals surface area contributed by atoms with Gasteiger partial charge in [0.1, 0.15) is 17.1 Å². The van der Waals surface area contributed by atoms with Gasteiger partial charge < -0.3 is 14.5 Å². The van der Waals surface area contributed by atoms with E-state index in [0.29, 0.717) is 0 Å². The molecule has 0 radical (unpaired) electrons. The maximum Gasteiger partial charge on any atom is 0.359 e. The van der Waals surface area contributed by atoms with E-state index >= 15 is 0 Å². The largest absolute Gasteiger partial charge is 0.478 e. The fourth-order valence-corrected chi connectivity index (χ4v) is 1.64. The second-order valence-corrected chi connectivity index (χ2v) is 4.03. The topological polar surface area (TPSA) is 90.5 Å². The smallest absolute Gasteiger partial charge is 0.359 e. The Bertz CT molecular complexity index is 406. The van der Waals surface area contributed by atoms with Gasteiger partial charge in [0.15, 0.2) is 6.61 Å². The molecule has 0 amide bonds. The van der Waals surface area contributed by atoms with Crippen molar-refractivity contribution in [3.63, 3.8) is 0 Å². The summed E-state index contributed by atoms with van der Waals surface area (Å²) in [5.41, 5.74) is 0. The molecule has 0 aliphatic heterocycles. The summed E-state index contributed by atoms with van der Waals surface area (Å²) in [4.78, 5) is 17.8. The molecule has 1 rings (SSSR count). The molecular weight excluding hydrogens is 205 g/mol. The number of benzene rings is 1. The van der Waals surface area contributed by atoms with Crippen LogP contribution >= 0.6 is 7.60 Å². The van der Waals surface area contributed by atoms with Crippen LogP contribution in [0.4, 0.5) is 0 Å². The van der Waals surface area contributed by atoms with Gasteiger partial charge in [0.25, 0.3) is 0 Å². The number of hydrogen-bond donors (Lipinski definition) is 2. The van der Waals surface area contributed by atoms with E-state index in [1.165, 1.54) is 18.2 Å². The fourth-order valence-electron chi connectivity index (χ4n) is 0.930. The van der Waals surface area contributed by atoms with Crippen LogP contribution < -0.4 is 10.0 Å². The Balaban J connectivity index is 3.05. The first-order valence-electron chi connectivity index (χ1n) is 3.70. The average Bonchev–Trinajstić information content (AvgIpc) is 2.14. The van der Waals surface area contributed by atoms with Gasteiger partial charge in [-0.25, -0.2) is 0 Å². The summed E-state index contributed by atoms with van der Waals surface area (Å²) >= 11 is 0. The molecular formula is C8H8NO4P. The van der Waals surface area contributed by atoms with Crippen molar-refractivity contribution in [3.05, 3.63) is 24.3 Å². The molecule has 5 nitrogen and oxygen atoms in total. The van der Waals surface area contributed by atoms with Crippen LogP contribution in [0.3, 0.4) is 0 Å². The molecule has 2 N–H and O–H groups in total. The predicted octanol–water partition coefficient (Wildman–Crippen LogP) is 0.392. The molecule has 0 fully saturated rings. The molecule has 74 valence electrons. The Labute approximate surface area is 80.7 Å². The molecule has 6 heteroatoms. The monoisotopic (exact) mass is 213 g/mol. The van der Waals surface area contributed by atoms with Crippen molar-refractivity contribution in [2.75, 3.05) is 6.61 Å². The molecule has 0 spiro atoms. The van der Waals surface area contributed by atoms with E-state index in [2.05, 4.69) is 0 Å². The quantitative estimate of drug-likeness (QED) is 0.709. The van der Waals surface area contributed by atoms with E-state index in [4.69, 9.17) is 19.8 Å². The van der Waals surface area contributed by atoms with Crippen molar-refractivity contribution in [3.8, 4) is 11.8 Å². The lowest BCUT2D eigenvalue weighted by molar-refractivity contribution is 0.362. The van der Waals surface area contributed by atoms with E-state index in [-0.39, 0.29) is 17.7 Å². The number of para-hydroxylation sites is 1. The van der Waals surface area contributed by atoms with Crippen molar-refractivity contribution < 1.29 is 19.1 Å². The van der Waals surface area contributed by atoms with Crippen LogP contribution in [0, 0.1) is 11.3 Å². The summed E-state index contributed by atoms with van der Waals surface area (Å²) in [6.45, 7) is -0.239. The van der Waals surface area contributed by atoms with Crippen LogP contribution in [0.15, 0.2) is 24.3 Å². The SMILES string of the molecule is N#CCOc1ccccc1P(=O)(O)O. The van der Waals surface area contributed by atoms with Crippen LogP contribution in [0.1, 0.15) is 0 Å². The second kappa shape index (κ2) is 4.25. The summed E-state index contributed by atoms with van der Waals surface area (Å²) in [6, 6.07) is 7.47. The standard InChI is InChI=1S/C8H8NO4P/c9-5-6-13-7-3-1-2-4-8(7)14(10,11)12/h1-4H,6H2,(H2,10,11,12). The Morgan fingerprint density at radius 2 is 2.07 bits per heavy atom. The van der Waals surface area contributed by atoms with E-state index in [1.807, 2.05) is 0 Å². The lowest BCUT2D eigenvalue weighted by Crippen LogP contribution is -2.09. The number of ether oxygens (including phenoxy) is 1. The molecule has 0 saturated heterocycles. The van der Waals surface area contributed by atoms with Gasteiger partial charge >= 0.3 is 7.60 Å². The highest BCUT2D eigenvalue weighted by molar-refractivity contribution is 7.60. The predicted molar refractivity (Wildman–Crippen MR) is 49.2 cm³/mol. The van der Waals surface area contributed by atoms with E-state index in [0.717, 1.165) is 0 Å². The van der Waals surface area contributed by atoms with Crippen LogP contribution in [0.25, 0.3) is 0 Å². The minimum atomic E-state index is -4.33. The summed E-state index contributed by atoms with van der Waals surface area (Å²) in [5, 5.41) is 8.05. The highest BCUT2D eigenvalue weighted by Crippen LogP contribution is 2.36. The molecule has 0 saturated carbocycles. The highest BCUT2D eigenvalue weighted by atomic mass is 31.2. The molecule has 0 aliphatic rings. The van der Waals surface area contributed by atoms with E-state index in [9.17, 15) is 4.57 Å². The molecule has 0 bridgehead atoms. The Morgan fingerprint density at radius 3 is 2.64 bits per heavy atom. The zero-order chi connectivity index (χ0) is 10.6. The first-order chi connectivity index (χ1) is 6.55. The van der Waals surface area contributed by atoms with Crippen molar-refractivity contribution in [1.82, 2.24) is 0 Å². The molecule has 0 aliphatic carbocycles. The molecule has 0 heterocycles. The minimum absolute atomic E-state index is 0.0439. The summed E-state index contributed by atoms with van der Waals surface area (Å²) in [5.74, 6) is 0.0439. The van der Waals surface area contributed by atoms with Gasteiger partial charge in [-0.05, 0) is 12.1 Å². The molecule has 1 aromatic rings. The van der Waals surface area contributed by atoms with Crippen molar-refractivity contribution in [2.24, 2.45) is 0 Å². The third-order valence-corrected chi connectivity index (χ3v) is 2.47. The van der Waals surface area contributed by atoms with Crippen LogP contribution in [-0.2, 0) is 4.57 Å². The lowest BCUT2D eigenvalue weighted by Gasteiger charge is -2.09. The van der Waals surface area contributed by atoms with E-state index in [1.54, 1.807) is 12.1 Å². The van der Waals surface area contributed by atoms with Gasteiger partial charge in [-0.2, -0.15) is 5.26 Å². The summed E-state index contributed by atoms with van der Waals surface area (Å²) in [7, 11) is -4.33.